The van der Waals surface area contributed by atoms with Crippen LogP contribution in [0.2, 0.25) is 0 Å². The molecule has 0 amide bonds. The van der Waals surface area contributed by atoms with E-state index in [0.717, 1.165) is 36.6 Å². The number of aryl methyl sites for hydroxylation is 2. The van der Waals surface area contributed by atoms with Gasteiger partial charge in [-0.3, -0.25) is 4.57 Å². The second-order valence-electron chi connectivity index (χ2n) is 5.15. The molecule has 2 aromatic rings. The van der Waals surface area contributed by atoms with E-state index >= 15 is 0 Å². The summed E-state index contributed by atoms with van der Waals surface area (Å²) in [5.74, 6) is 0. The molecule has 1 fully saturated rings. The van der Waals surface area contributed by atoms with Crippen LogP contribution in [0, 0.1) is 6.92 Å². The van der Waals surface area contributed by atoms with Crippen molar-refractivity contribution < 1.29 is 4.74 Å². The van der Waals surface area contributed by atoms with Gasteiger partial charge in [0.1, 0.15) is 0 Å². The lowest BCUT2D eigenvalue weighted by atomic mass is 10.1. The zero-order chi connectivity index (χ0) is 14.1. The third-order valence-electron chi connectivity index (χ3n) is 3.68. The van der Waals surface area contributed by atoms with Crippen molar-refractivity contribution in [2.75, 3.05) is 19.7 Å². The minimum atomic E-state index is -0.0224. The summed E-state index contributed by atoms with van der Waals surface area (Å²) in [6, 6.07) is 8.02. The lowest BCUT2D eigenvalue weighted by molar-refractivity contribution is 0.0277. The first-order valence-corrected chi connectivity index (χ1v) is 6.84. The molecular weight excluding hydrogens is 254 g/mol. The summed E-state index contributed by atoms with van der Waals surface area (Å²) in [7, 11) is 1.77. The number of ether oxygens (including phenoxy) is 1. The van der Waals surface area contributed by atoms with Crippen LogP contribution in [0.3, 0.4) is 0 Å². The monoisotopic (exact) mass is 273 g/mol. The van der Waals surface area contributed by atoms with Crippen molar-refractivity contribution in [3.63, 3.8) is 0 Å². The predicted molar refractivity (Wildman–Crippen MR) is 77.3 cm³/mol. The molecule has 1 saturated heterocycles. The lowest BCUT2D eigenvalue weighted by Crippen LogP contribution is -2.33. The molecule has 2 heterocycles. The SMILES string of the molecule is Cc1cn(C)c(=O)n1-c1ccc(C2CNCCO2)cc1. The fraction of sp³-hybridized carbons (Fsp3) is 0.400. The zero-order valence-electron chi connectivity index (χ0n) is 11.8. The highest BCUT2D eigenvalue weighted by molar-refractivity contribution is 5.37. The number of benzene rings is 1. The summed E-state index contributed by atoms with van der Waals surface area (Å²) in [4.78, 5) is 12.1. The van der Waals surface area contributed by atoms with Gasteiger partial charge in [-0.25, -0.2) is 4.79 Å². The minimum absolute atomic E-state index is 0.0224. The largest absolute Gasteiger partial charge is 0.371 e. The molecule has 0 bridgehead atoms. The highest BCUT2D eigenvalue weighted by Gasteiger charge is 2.16. The number of morpholine rings is 1. The average molecular weight is 273 g/mol. The normalized spacial score (nSPS) is 19.2. The van der Waals surface area contributed by atoms with Crippen molar-refractivity contribution >= 4 is 0 Å². The molecule has 1 aliphatic rings. The van der Waals surface area contributed by atoms with Crippen molar-refractivity contribution in [3.8, 4) is 5.69 Å². The summed E-state index contributed by atoms with van der Waals surface area (Å²) >= 11 is 0. The molecule has 0 radical (unpaired) electrons. The Balaban J connectivity index is 1.91. The Kier molecular flexibility index (Phi) is 3.46. The van der Waals surface area contributed by atoms with Crippen molar-refractivity contribution in [2.45, 2.75) is 13.0 Å². The molecule has 1 aromatic heterocycles. The Hall–Kier alpha value is -1.85. The molecule has 3 rings (SSSR count). The van der Waals surface area contributed by atoms with Crippen LogP contribution in [-0.4, -0.2) is 28.8 Å². The first kappa shape index (κ1) is 13.1. The summed E-state index contributed by atoms with van der Waals surface area (Å²) < 4.78 is 9.03. The summed E-state index contributed by atoms with van der Waals surface area (Å²) in [5.41, 5.74) is 2.94. The molecule has 1 atom stereocenters. The summed E-state index contributed by atoms with van der Waals surface area (Å²) in [6.07, 6.45) is 1.94. The predicted octanol–water partition coefficient (Wildman–Crippen LogP) is 1.15. The Morgan fingerprint density at radius 3 is 2.60 bits per heavy atom. The van der Waals surface area contributed by atoms with Crippen molar-refractivity contribution in [1.29, 1.82) is 0 Å². The van der Waals surface area contributed by atoms with Crippen LogP contribution >= 0.6 is 0 Å². The molecule has 106 valence electrons. The maximum Gasteiger partial charge on any atom is 0.332 e. The van der Waals surface area contributed by atoms with Crippen molar-refractivity contribution in [3.05, 3.63) is 52.2 Å². The number of imidazole rings is 1. The molecule has 0 saturated carbocycles. The Labute approximate surface area is 117 Å². The fourth-order valence-electron chi connectivity index (χ4n) is 2.63. The van der Waals surface area contributed by atoms with Crippen LogP contribution < -0.4 is 11.0 Å². The van der Waals surface area contributed by atoms with Gasteiger partial charge in [0.2, 0.25) is 0 Å². The molecule has 1 N–H and O–H groups in total. The number of hydrogen-bond donors (Lipinski definition) is 1. The molecule has 0 aliphatic carbocycles. The Morgan fingerprint density at radius 2 is 2.05 bits per heavy atom. The van der Waals surface area contributed by atoms with Crippen LogP contribution in [0.25, 0.3) is 5.69 Å². The second kappa shape index (κ2) is 5.26. The second-order valence-corrected chi connectivity index (χ2v) is 5.15. The lowest BCUT2D eigenvalue weighted by Gasteiger charge is -2.24. The van der Waals surface area contributed by atoms with Crippen LogP contribution in [0.15, 0.2) is 35.3 Å². The Bertz CT molecular complexity index is 649. The molecule has 1 aromatic carbocycles. The van der Waals surface area contributed by atoms with Gasteiger partial charge >= 0.3 is 5.69 Å². The third kappa shape index (κ3) is 2.30. The van der Waals surface area contributed by atoms with Crippen molar-refractivity contribution in [1.82, 2.24) is 14.5 Å². The van der Waals surface area contributed by atoms with Gasteiger partial charge in [0, 0.05) is 32.0 Å². The van der Waals surface area contributed by atoms with Gasteiger partial charge in [-0.1, -0.05) is 12.1 Å². The first-order valence-electron chi connectivity index (χ1n) is 6.84. The van der Waals surface area contributed by atoms with Crippen LogP contribution in [-0.2, 0) is 11.8 Å². The van der Waals surface area contributed by atoms with Gasteiger partial charge in [0.25, 0.3) is 0 Å². The molecule has 5 heteroatoms. The van der Waals surface area contributed by atoms with Gasteiger partial charge in [0.15, 0.2) is 0 Å². The van der Waals surface area contributed by atoms with E-state index in [2.05, 4.69) is 5.32 Å². The molecule has 1 aliphatic heterocycles. The van der Waals surface area contributed by atoms with Gasteiger partial charge in [-0.05, 0) is 24.6 Å². The van der Waals surface area contributed by atoms with Crippen LogP contribution in [0.5, 0.6) is 0 Å². The number of hydrogen-bond acceptors (Lipinski definition) is 3. The Morgan fingerprint density at radius 1 is 1.30 bits per heavy atom. The molecule has 1 unspecified atom stereocenters. The highest BCUT2D eigenvalue weighted by atomic mass is 16.5. The molecule has 5 nitrogen and oxygen atoms in total. The first-order chi connectivity index (χ1) is 9.66. The average Bonchev–Trinajstić information content (AvgIpc) is 2.73. The maximum atomic E-state index is 12.1. The quantitative estimate of drug-likeness (QED) is 0.893. The van der Waals surface area contributed by atoms with Crippen molar-refractivity contribution in [2.24, 2.45) is 7.05 Å². The summed E-state index contributed by atoms with van der Waals surface area (Å²) in [5, 5.41) is 3.32. The molecular formula is C15H19N3O2. The van der Waals surface area contributed by atoms with E-state index in [1.54, 1.807) is 16.2 Å². The molecule has 0 spiro atoms. The van der Waals surface area contributed by atoms with Crippen LogP contribution in [0.4, 0.5) is 0 Å². The van der Waals surface area contributed by atoms with E-state index in [0.29, 0.717) is 0 Å². The number of nitrogens with zero attached hydrogens (tertiary/aromatic N) is 2. The zero-order valence-corrected chi connectivity index (χ0v) is 11.8. The minimum Gasteiger partial charge on any atom is -0.371 e. The maximum absolute atomic E-state index is 12.1. The van der Waals surface area contributed by atoms with E-state index in [9.17, 15) is 4.79 Å². The molecule has 20 heavy (non-hydrogen) atoms. The van der Waals surface area contributed by atoms with Gasteiger partial charge in [-0.15, -0.1) is 0 Å². The van der Waals surface area contributed by atoms with Gasteiger partial charge < -0.3 is 14.6 Å². The van der Waals surface area contributed by atoms with E-state index in [4.69, 9.17) is 4.74 Å². The number of nitrogens with one attached hydrogen (secondary N) is 1. The topological polar surface area (TPSA) is 48.2 Å². The van der Waals surface area contributed by atoms with E-state index in [1.807, 2.05) is 37.4 Å². The van der Waals surface area contributed by atoms with E-state index < -0.39 is 0 Å². The third-order valence-corrected chi connectivity index (χ3v) is 3.68. The van der Waals surface area contributed by atoms with Gasteiger partial charge in [0.05, 0.1) is 18.4 Å². The summed E-state index contributed by atoms with van der Waals surface area (Å²) in [6.45, 7) is 4.42. The smallest absolute Gasteiger partial charge is 0.332 e. The fourth-order valence-corrected chi connectivity index (χ4v) is 2.63. The van der Waals surface area contributed by atoms with Gasteiger partial charge in [-0.2, -0.15) is 0 Å². The van der Waals surface area contributed by atoms with E-state index in [-0.39, 0.29) is 11.8 Å². The standard InChI is InChI=1S/C15H19N3O2/c1-11-10-17(2)15(19)18(11)13-5-3-12(4-6-13)14-9-16-7-8-20-14/h3-6,10,14,16H,7-9H2,1-2H3. The van der Waals surface area contributed by atoms with Crippen LogP contribution in [0.1, 0.15) is 17.4 Å². The number of rotatable bonds is 2. The number of aromatic nitrogens is 2. The van der Waals surface area contributed by atoms with E-state index in [1.165, 1.54) is 0 Å². The highest BCUT2D eigenvalue weighted by Crippen LogP contribution is 2.20.